The average molecular weight is 471 g/mol. The maximum atomic E-state index is 14.0. The van der Waals surface area contributed by atoms with Gasteiger partial charge in [-0.2, -0.15) is 0 Å². The van der Waals surface area contributed by atoms with Gasteiger partial charge in [-0.15, -0.1) is 0 Å². The van der Waals surface area contributed by atoms with Crippen molar-refractivity contribution in [3.8, 4) is 11.5 Å². The molecule has 0 atom stereocenters. The number of rotatable bonds is 7. The molecule has 1 amide bonds. The van der Waals surface area contributed by atoms with E-state index in [2.05, 4.69) is 5.32 Å². The largest absolute Gasteiger partial charge is 0.493 e. The van der Waals surface area contributed by atoms with Crippen LogP contribution in [0.15, 0.2) is 36.4 Å². The van der Waals surface area contributed by atoms with E-state index >= 15 is 0 Å². The maximum Gasteiger partial charge on any atom is 0.227 e. The van der Waals surface area contributed by atoms with Gasteiger partial charge in [-0.05, 0) is 37.1 Å². The Morgan fingerprint density at radius 2 is 1.84 bits per heavy atom. The number of sulfonamides is 1. The molecule has 10 heteroatoms. The molecular weight excluding hydrogens is 447 g/mol. The SMILES string of the molecule is COc1ccc(NC(=O)C2CCN(S(=O)(=O)Cc3c(F)cccc3Cl)CC2)cc1OC. The Hall–Kier alpha value is -2.36. The van der Waals surface area contributed by atoms with Crippen LogP contribution in [0.2, 0.25) is 5.02 Å². The Morgan fingerprint density at radius 3 is 2.45 bits per heavy atom. The second-order valence-corrected chi connectivity index (χ2v) is 9.56. The van der Waals surface area contributed by atoms with Crippen LogP contribution in [0.5, 0.6) is 11.5 Å². The van der Waals surface area contributed by atoms with Gasteiger partial charge in [0.15, 0.2) is 11.5 Å². The molecule has 2 aromatic rings. The summed E-state index contributed by atoms with van der Waals surface area (Å²) in [6.07, 6.45) is 0.729. The first-order valence-corrected chi connectivity index (χ1v) is 11.7. The van der Waals surface area contributed by atoms with Gasteiger partial charge in [0.05, 0.1) is 20.0 Å². The summed E-state index contributed by atoms with van der Waals surface area (Å²) in [5, 5.41) is 2.91. The minimum absolute atomic E-state index is 0.0440. The lowest BCUT2D eigenvalue weighted by molar-refractivity contribution is -0.120. The van der Waals surface area contributed by atoms with E-state index in [1.165, 1.54) is 36.7 Å². The zero-order valence-corrected chi connectivity index (χ0v) is 18.8. The molecule has 1 N–H and O–H groups in total. The Labute approximate surface area is 186 Å². The Kier molecular flexibility index (Phi) is 7.40. The molecule has 168 valence electrons. The first-order valence-electron chi connectivity index (χ1n) is 9.68. The van der Waals surface area contributed by atoms with Crippen molar-refractivity contribution in [3.05, 3.63) is 52.8 Å². The first-order chi connectivity index (χ1) is 14.7. The highest BCUT2D eigenvalue weighted by Gasteiger charge is 2.32. The number of hydrogen-bond donors (Lipinski definition) is 1. The number of hydrogen-bond acceptors (Lipinski definition) is 5. The molecule has 0 aromatic heterocycles. The molecular formula is C21H24ClFN2O5S. The zero-order valence-electron chi connectivity index (χ0n) is 17.2. The Balaban J connectivity index is 1.60. The van der Waals surface area contributed by atoms with Gasteiger partial charge < -0.3 is 14.8 Å². The maximum absolute atomic E-state index is 14.0. The molecule has 1 aliphatic heterocycles. The second-order valence-electron chi connectivity index (χ2n) is 7.19. The normalized spacial score (nSPS) is 15.5. The molecule has 0 bridgehead atoms. The molecule has 0 unspecified atom stereocenters. The quantitative estimate of drug-likeness (QED) is 0.667. The number of nitrogens with zero attached hydrogens (tertiary/aromatic N) is 1. The summed E-state index contributed by atoms with van der Waals surface area (Å²) in [7, 11) is -0.725. The summed E-state index contributed by atoms with van der Waals surface area (Å²) in [5.41, 5.74) is 0.518. The third-order valence-electron chi connectivity index (χ3n) is 5.26. The first kappa shape index (κ1) is 23.3. The van der Waals surface area contributed by atoms with Crippen molar-refractivity contribution >= 4 is 33.2 Å². The van der Waals surface area contributed by atoms with E-state index in [1.54, 1.807) is 18.2 Å². The standard InChI is InChI=1S/C21H24ClFN2O5S/c1-29-19-7-6-15(12-20(19)30-2)24-21(26)14-8-10-25(11-9-14)31(27,28)13-16-17(22)4-3-5-18(16)23/h3-7,12,14H,8-11,13H2,1-2H3,(H,24,26). The second kappa shape index (κ2) is 9.84. The highest BCUT2D eigenvalue weighted by molar-refractivity contribution is 7.88. The molecule has 7 nitrogen and oxygen atoms in total. The lowest BCUT2D eigenvalue weighted by atomic mass is 9.97. The molecule has 1 heterocycles. The van der Waals surface area contributed by atoms with Crippen molar-refractivity contribution < 1.29 is 27.1 Å². The number of anilines is 1. The van der Waals surface area contributed by atoms with E-state index in [0.717, 1.165) is 0 Å². The van der Waals surface area contributed by atoms with Gasteiger partial charge in [0.25, 0.3) is 0 Å². The van der Waals surface area contributed by atoms with Crippen molar-refractivity contribution in [1.82, 2.24) is 4.31 Å². The summed E-state index contributed by atoms with van der Waals surface area (Å²) in [4.78, 5) is 12.6. The average Bonchev–Trinajstić information content (AvgIpc) is 2.76. The van der Waals surface area contributed by atoms with Crippen LogP contribution in [0.25, 0.3) is 0 Å². The molecule has 31 heavy (non-hydrogen) atoms. The van der Waals surface area contributed by atoms with E-state index in [-0.39, 0.29) is 35.5 Å². The van der Waals surface area contributed by atoms with Crippen LogP contribution in [0, 0.1) is 11.7 Å². The Morgan fingerprint density at radius 1 is 1.16 bits per heavy atom. The molecule has 2 aromatic carbocycles. The van der Waals surface area contributed by atoms with Crippen LogP contribution in [0.3, 0.4) is 0 Å². The minimum atomic E-state index is -3.76. The van der Waals surface area contributed by atoms with Crippen LogP contribution < -0.4 is 14.8 Å². The predicted molar refractivity (Wildman–Crippen MR) is 117 cm³/mol. The zero-order chi connectivity index (χ0) is 22.6. The molecule has 1 fully saturated rings. The number of carbonyl (C=O) groups excluding carboxylic acids is 1. The highest BCUT2D eigenvalue weighted by Crippen LogP contribution is 2.31. The van der Waals surface area contributed by atoms with Crippen molar-refractivity contribution in [3.63, 3.8) is 0 Å². The number of ether oxygens (including phenoxy) is 2. The van der Waals surface area contributed by atoms with Gasteiger partial charge in [-0.1, -0.05) is 17.7 Å². The summed E-state index contributed by atoms with van der Waals surface area (Å²) in [5.74, 6) is -0.652. The monoisotopic (exact) mass is 470 g/mol. The third-order valence-corrected chi connectivity index (χ3v) is 7.42. The topological polar surface area (TPSA) is 84.9 Å². The smallest absolute Gasteiger partial charge is 0.227 e. The lowest BCUT2D eigenvalue weighted by Gasteiger charge is -2.30. The van der Waals surface area contributed by atoms with Gasteiger partial charge in [-0.25, -0.2) is 17.1 Å². The number of halogens is 2. The van der Waals surface area contributed by atoms with E-state index in [1.807, 2.05) is 0 Å². The summed E-state index contributed by atoms with van der Waals surface area (Å²) in [6.45, 7) is 0.358. The third kappa shape index (κ3) is 5.47. The van der Waals surface area contributed by atoms with Gasteiger partial charge in [0.1, 0.15) is 5.82 Å². The van der Waals surface area contributed by atoms with Crippen LogP contribution >= 0.6 is 11.6 Å². The number of amides is 1. The summed E-state index contributed by atoms with van der Waals surface area (Å²) >= 11 is 5.96. The van der Waals surface area contributed by atoms with Gasteiger partial charge >= 0.3 is 0 Å². The van der Waals surface area contributed by atoms with E-state index in [9.17, 15) is 17.6 Å². The summed E-state index contributed by atoms with van der Waals surface area (Å²) < 4.78 is 51.2. The molecule has 0 aliphatic carbocycles. The van der Waals surface area contributed by atoms with Crippen LogP contribution in [-0.2, 0) is 20.6 Å². The molecule has 0 saturated carbocycles. The fraction of sp³-hybridized carbons (Fsp3) is 0.381. The Bertz CT molecular complexity index is 1040. The number of nitrogens with one attached hydrogen (secondary N) is 1. The fourth-order valence-corrected chi connectivity index (χ4v) is 5.42. The van der Waals surface area contributed by atoms with Crippen molar-refractivity contribution in [2.75, 3.05) is 32.6 Å². The van der Waals surface area contributed by atoms with Gasteiger partial charge in [-0.3, -0.25) is 4.79 Å². The number of piperidine rings is 1. The van der Waals surface area contributed by atoms with Crippen molar-refractivity contribution in [1.29, 1.82) is 0 Å². The molecule has 0 spiro atoms. The van der Waals surface area contributed by atoms with Gasteiger partial charge in [0.2, 0.25) is 15.9 Å². The lowest BCUT2D eigenvalue weighted by Crippen LogP contribution is -2.42. The molecule has 1 saturated heterocycles. The molecule has 0 radical (unpaired) electrons. The summed E-state index contributed by atoms with van der Waals surface area (Å²) in [6, 6.07) is 9.13. The number of carbonyl (C=O) groups is 1. The molecule has 1 aliphatic rings. The van der Waals surface area contributed by atoms with Gasteiger partial charge in [0, 0.05) is 41.3 Å². The highest BCUT2D eigenvalue weighted by atomic mass is 35.5. The number of benzene rings is 2. The van der Waals surface area contributed by atoms with Crippen molar-refractivity contribution in [2.45, 2.75) is 18.6 Å². The predicted octanol–water partition coefficient (Wildman–Crippen LogP) is 3.68. The minimum Gasteiger partial charge on any atom is -0.493 e. The molecule has 3 rings (SSSR count). The van der Waals surface area contributed by atoms with Crippen LogP contribution in [0.4, 0.5) is 10.1 Å². The van der Waals surface area contributed by atoms with E-state index in [4.69, 9.17) is 21.1 Å². The van der Waals surface area contributed by atoms with E-state index < -0.39 is 21.6 Å². The van der Waals surface area contributed by atoms with Crippen LogP contribution in [0.1, 0.15) is 18.4 Å². The van der Waals surface area contributed by atoms with Crippen LogP contribution in [-0.4, -0.2) is 45.9 Å². The van der Waals surface area contributed by atoms with E-state index in [0.29, 0.717) is 30.0 Å². The fourth-order valence-electron chi connectivity index (χ4n) is 3.50. The number of methoxy groups -OCH3 is 2. The van der Waals surface area contributed by atoms with Crippen molar-refractivity contribution in [2.24, 2.45) is 5.92 Å².